The predicted molar refractivity (Wildman–Crippen MR) is 128 cm³/mol. The van der Waals surface area contributed by atoms with Crippen molar-refractivity contribution in [3.8, 4) is 6.07 Å². The van der Waals surface area contributed by atoms with Crippen molar-refractivity contribution in [2.75, 3.05) is 12.0 Å². The summed E-state index contributed by atoms with van der Waals surface area (Å²) in [6.07, 6.45) is 5.47. The number of hydrogen-bond donors (Lipinski definition) is 2. The number of aryl methyl sites for hydroxylation is 1. The lowest BCUT2D eigenvalue weighted by Gasteiger charge is -2.16. The van der Waals surface area contributed by atoms with Gasteiger partial charge in [0.05, 0.1) is 17.1 Å². The number of aromatic amines is 1. The molecule has 0 spiro atoms. The lowest BCUT2D eigenvalue weighted by atomic mass is 10.1. The third-order valence-electron chi connectivity index (χ3n) is 5.38. The molecule has 0 unspecified atom stereocenters. The van der Waals surface area contributed by atoms with Crippen LogP contribution in [-0.4, -0.2) is 32.5 Å². The number of imidazole rings is 1. The van der Waals surface area contributed by atoms with Crippen LogP contribution in [0.5, 0.6) is 0 Å². The monoisotopic (exact) mass is 435 g/mol. The number of nitriles is 1. The molecule has 2 heterocycles. The Labute approximate surface area is 187 Å². The molecule has 0 aliphatic rings. The Morgan fingerprint density at radius 3 is 2.84 bits per heavy atom. The number of H-pyrrole nitrogens is 1. The van der Waals surface area contributed by atoms with E-state index in [4.69, 9.17) is 0 Å². The minimum absolute atomic E-state index is 0.0991. The van der Waals surface area contributed by atoms with E-state index in [1.165, 1.54) is 0 Å². The summed E-state index contributed by atoms with van der Waals surface area (Å²) < 4.78 is 2.22. The normalized spacial score (nSPS) is 12.7. The van der Waals surface area contributed by atoms with Crippen LogP contribution in [0.15, 0.2) is 35.9 Å². The largest absolute Gasteiger partial charge is 0.349 e. The highest BCUT2D eigenvalue weighted by Crippen LogP contribution is 2.22. The molecule has 1 amide bonds. The second kappa shape index (κ2) is 10.4. The van der Waals surface area contributed by atoms with E-state index in [0.29, 0.717) is 5.82 Å². The van der Waals surface area contributed by atoms with Crippen LogP contribution in [0.1, 0.15) is 48.6 Å². The first-order valence-electron chi connectivity index (χ1n) is 10.5. The first kappa shape index (κ1) is 22.7. The molecule has 1 atom stereocenters. The average molecular weight is 436 g/mol. The fourth-order valence-electron chi connectivity index (χ4n) is 3.73. The van der Waals surface area contributed by atoms with E-state index in [9.17, 15) is 10.1 Å². The van der Waals surface area contributed by atoms with Crippen LogP contribution in [0, 0.1) is 25.2 Å². The van der Waals surface area contributed by atoms with Gasteiger partial charge in [0, 0.05) is 17.9 Å². The number of nitrogens with one attached hydrogen (secondary N) is 2. The quantitative estimate of drug-likeness (QED) is 0.369. The Kier molecular flexibility index (Phi) is 7.59. The Morgan fingerprint density at radius 1 is 1.39 bits per heavy atom. The van der Waals surface area contributed by atoms with Crippen LogP contribution < -0.4 is 5.32 Å². The molecule has 0 aliphatic heterocycles. The van der Waals surface area contributed by atoms with Gasteiger partial charge in [-0.25, -0.2) is 4.98 Å². The zero-order chi connectivity index (χ0) is 22.4. The standard InChI is InChI=1S/C24H29N5OS/c1-5-11-29-16(2)13-18(17(29)3)14-19(15-25)24(30)28-22(10-12-31-4)23-26-20-8-6-7-9-21(20)27-23/h6-9,13-14,22H,5,10-12H2,1-4H3,(H,26,27)(H,28,30)/b19-14-/t22-/m0/s1. The number of hydrogen-bond acceptors (Lipinski definition) is 4. The van der Waals surface area contributed by atoms with E-state index < -0.39 is 0 Å². The topological polar surface area (TPSA) is 86.5 Å². The summed E-state index contributed by atoms with van der Waals surface area (Å²) in [6, 6.07) is 11.6. The summed E-state index contributed by atoms with van der Waals surface area (Å²) in [6.45, 7) is 7.13. The van der Waals surface area contributed by atoms with Gasteiger partial charge in [-0.05, 0) is 68.5 Å². The Balaban J connectivity index is 1.86. The van der Waals surface area contributed by atoms with Gasteiger partial charge in [0.25, 0.3) is 5.91 Å². The number of fused-ring (bicyclic) bond motifs is 1. The zero-order valence-electron chi connectivity index (χ0n) is 18.5. The van der Waals surface area contributed by atoms with Crippen molar-refractivity contribution in [3.05, 3.63) is 58.7 Å². The summed E-state index contributed by atoms with van der Waals surface area (Å²) in [5.41, 5.74) is 4.99. The highest BCUT2D eigenvalue weighted by atomic mass is 32.2. The number of benzene rings is 1. The van der Waals surface area contributed by atoms with Crippen molar-refractivity contribution in [1.29, 1.82) is 5.26 Å². The van der Waals surface area contributed by atoms with E-state index in [1.807, 2.05) is 50.4 Å². The average Bonchev–Trinajstić information content (AvgIpc) is 3.31. The molecule has 2 aromatic heterocycles. The zero-order valence-corrected chi connectivity index (χ0v) is 19.3. The van der Waals surface area contributed by atoms with Crippen molar-refractivity contribution in [1.82, 2.24) is 19.9 Å². The number of para-hydroxylation sites is 2. The molecule has 3 aromatic rings. The maximum absolute atomic E-state index is 13.0. The van der Waals surface area contributed by atoms with E-state index >= 15 is 0 Å². The number of carbonyl (C=O) groups is 1. The van der Waals surface area contributed by atoms with Gasteiger partial charge in [0.2, 0.25) is 0 Å². The molecule has 0 saturated carbocycles. The molecule has 0 fully saturated rings. The van der Waals surface area contributed by atoms with Crippen molar-refractivity contribution >= 4 is 34.8 Å². The van der Waals surface area contributed by atoms with E-state index in [2.05, 4.69) is 32.8 Å². The maximum atomic E-state index is 13.0. The van der Waals surface area contributed by atoms with Crippen molar-refractivity contribution < 1.29 is 4.79 Å². The fourth-order valence-corrected chi connectivity index (χ4v) is 4.20. The van der Waals surface area contributed by atoms with E-state index in [1.54, 1.807) is 17.8 Å². The Hall–Kier alpha value is -2.98. The van der Waals surface area contributed by atoms with Gasteiger partial charge in [-0.3, -0.25) is 4.79 Å². The van der Waals surface area contributed by atoms with Crippen molar-refractivity contribution in [2.24, 2.45) is 0 Å². The number of thioether (sulfide) groups is 1. The van der Waals surface area contributed by atoms with Crippen LogP contribution in [0.3, 0.4) is 0 Å². The summed E-state index contributed by atoms with van der Waals surface area (Å²) in [7, 11) is 0. The van der Waals surface area contributed by atoms with Gasteiger partial charge < -0.3 is 14.9 Å². The van der Waals surface area contributed by atoms with Crippen molar-refractivity contribution in [3.63, 3.8) is 0 Å². The summed E-state index contributed by atoms with van der Waals surface area (Å²) in [4.78, 5) is 21.0. The summed E-state index contributed by atoms with van der Waals surface area (Å²) in [5, 5.41) is 12.7. The summed E-state index contributed by atoms with van der Waals surface area (Å²) in [5.74, 6) is 1.20. The van der Waals surface area contributed by atoms with Crippen LogP contribution in [0.4, 0.5) is 0 Å². The number of amides is 1. The van der Waals surface area contributed by atoms with Crippen LogP contribution in [0.2, 0.25) is 0 Å². The molecule has 2 N–H and O–H groups in total. The van der Waals surface area contributed by atoms with Crippen LogP contribution in [-0.2, 0) is 11.3 Å². The van der Waals surface area contributed by atoms with Gasteiger partial charge in [0.15, 0.2) is 0 Å². The molecule has 7 heteroatoms. The Bertz CT molecular complexity index is 1100. The number of carbonyl (C=O) groups excluding carboxylic acids is 1. The first-order chi connectivity index (χ1) is 15.0. The van der Waals surface area contributed by atoms with Crippen LogP contribution >= 0.6 is 11.8 Å². The van der Waals surface area contributed by atoms with Gasteiger partial charge in [-0.2, -0.15) is 17.0 Å². The van der Waals surface area contributed by atoms with E-state index in [0.717, 1.165) is 53.1 Å². The summed E-state index contributed by atoms with van der Waals surface area (Å²) >= 11 is 1.71. The predicted octanol–water partition coefficient (Wildman–Crippen LogP) is 4.91. The van der Waals surface area contributed by atoms with Crippen molar-refractivity contribution in [2.45, 2.75) is 46.2 Å². The second-order valence-electron chi connectivity index (χ2n) is 7.59. The minimum atomic E-state index is -0.380. The highest BCUT2D eigenvalue weighted by molar-refractivity contribution is 7.98. The number of aromatic nitrogens is 3. The Morgan fingerprint density at radius 2 is 2.16 bits per heavy atom. The van der Waals surface area contributed by atoms with Gasteiger partial charge >= 0.3 is 0 Å². The van der Waals surface area contributed by atoms with Crippen LogP contribution in [0.25, 0.3) is 17.1 Å². The van der Waals surface area contributed by atoms with Gasteiger partial charge in [-0.1, -0.05) is 19.1 Å². The highest BCUT2D eigenvalue weighted by Gasteiger charge is 2.21. The number of nitrogens with zero attached hydrogens (tertiary/aromatic N) is 3. The SMILES string of the molecule is CCCn1c(C)cc(/C=C(/C#N)C(=O)N[C@@H](CCSC)c2nc3ccccc3[nH]2)c1C. The minimum Gasteiger partial charge on any atom is -0.349 e. The van der Waals surface area contributed by atoms with Gasteiger partial charge in [-0.15, -0.1) is 0 Å². The molecular formula is C24H29N5OS. The molecular weight excluding hydrogens is 406 g/mol. The molecule has 1 aromatic carbocycles. The molecule has 3 rings (SSSR count). The van der Waals surface area contributed by atoms with E-state index in [-0.39, 0.29) is 17.5 Å². The molecule has 0 bridgehead atoms. The molecule has 0 saturated heterocycles. The molecule has 31 heavy (non-hydrogen) atoms. The molecule has 0 aliphatic carbocycles. The molecule has 162 valence electrons. The fraction of sp³-hybridized carbons (Fsp3) is 0.375. The van der Waals surface area contributed by atoms with Gasteiger partial charge in [0.1, 0.15) is 17.5 Å². The third-order valence-corrected chi connectivity index (χ3v) is 6.02. The third kappa shape index (κ3) is 5.20. The lowest BCUT2D eigenvalue weighted by molar-refractivity contribution is -0.117. The maximum Gasteiger partial charge on any atom is 0.262 e. The first-order valence-corrected chi connectivity index (χ1v) is 11.9. The molecule has 6 nitrogen and oxygen atoms in total. The number of rotatable bonds is 9. The molecule has 0 radical (unpaired) electrons. The smallest absolute Gasteiger partial charge is 0.262 e. The lowest BCUT2D eigenvalue weighted by Crippen LogP contribution is -2.30. The second-order valence-corrected chi connectivity index (χ2v) is 8.58.